The number of nitrogens with one attached hydrogen (secondary N) is 1. The predicted octanol–water partition coefficient (Wildman–Crippen LogP) is 3.40. The van der Waals surface area contributed by atoms with Crippen molar-refractivity contribution in [2.75, 3.05) is 6.54 Å². The molecule has 0 amide bonds. The highest BCUT2D eigenvalue weighted by Gasteiger charge is 2.27. The molecule has 0 saturated heterocycles. The fourth-order valence-electron chi connectivity index (χ4n) is 1.77. The number of halogens is 1. The van der Waals surface area contributed by atoms with Gasteiger partial charge in [-0.2, -0.15) is 0 Å². The monoisotopic (exact) mass is 311 g/mol. The average molecular weight is 312 g/mol. The van der Waals surface area contributed by atoms with E-state index < -0.39 is 5.60 Å². The Morgan fingerprint density at radius 1 is 1.39 bits per heavy atom. The van der Waals surface area contributed by atoms with Crippen molar-refractivity contribution in [1.82, 2.24) is 5.32 Å². The lowest BCUT2D eigenvalue weighted by atomic mass is 10.0. The molecule has 1 atom stereocenters. The van der Waals surface area contributed by atoms with Crippen molar-refractivity contribution in [2.24, 2.45) is 0 Å². The van der Waals surface area contributed by atoms with Crippen LogP contribution >= 0.6 is 15.9 Å². The van der Waals surface area contributed by atoms with Crippen molar-refractivity contribution in [3.63, 3.8) is 0 Å². The van der Waals surface area contributed by atoms with Crippen LogP contribution in [0.4, 0.5) is 0 Å². The predicted molar refractivity (Wildman–Crippen MR) is 76.6 cm³/mol. The summed E-state index contributed by atoms with van der Waals surface area (Å²) in [4.78, 5) is 0. The minimum absolute atomic E-state index is 0.329. The van der Waals surface area contributed by atoms with Gasteiger partial charge in [-0.25, -0.2) is 0 Å². The second kappa shape index (κ2) is 5.03. The normalized spacial score (nSPS) is 15.2. The maximum Gasteiger partial charge on any atom is 0.137 e. The molecule has 2 N–H and O–H groups in total. The first-order valence-electron chi connectivity index (χ1n) is 6.04. The van der Waals surface area contributed by atoms with E-state index in [0.29, 0.717) is 18.3 Å². The topological polar surface area (TPSA) is 45.4 Å². The Kier molecular flexibility index (Phi) is 3.80. The molecule has 1 unspecified atom stereocenters. The molecule has 3 nitrogen and oxygen atoms in total. The third-order valence-electron chi connectivity index (χ3n) is 2.86. The zero-order valence-electron chi connectivity index (χ0n) is 10.8. The summed E-state index contributed by atoms with van der Waals surface area (Å²) >= 11 is 3.43. The molecule has 0 aliphatic heterocycles. The van der Waals surface area contributed by atoms with Gasteiger partial charge in [-0.05, 0) is 31.2 Å². The SMILES string of the molecule is CC(C)NCC(C)(O)c1cc2cc(Br)ccc2o1. The quantitative estimate of drug-likeness (QED) is 0.909. The standard InChI is InChI=1S/C14H18BrNO2/c1-9(2)16-8-14(3,17)13-7-10-6-11(15)4-5-12(10)18-13/h4-7,9,16-17H,8H2,1-3H3. The van der Waals surface area contributed by atoms with Gasteiger partial charge in [0.05, 0.1) is 0 Å². The van der Waals surface area contributed by atoms with E-state index in [9.17, 15) is 5.11 Å². The van der Waals surface area contributed by atoms with Gasteiger partial charge in [0, 0.05) is 22.4 Å². The van der Waals surface area contributed by atoms with Crippen LogP contribution in [0.5, 0.6) is 0 Å². The summed E-state index contributed by atoms with van der Waals surface area (Å²) in [5.41, 5.74) is -0.214. The number of aliphatic hydroxyl groups is 1. The van der Waals surface area contributed by atoms with Gasteiger partial charge in [-0.3, -0.25) is 0 Å². The number of fused-ring (bicyclic) bond motifs is 1. The van der Waals surface area contributed by atoms with Crippen LogP contribution in [-0.2, 0) is 5.60 Å². The van der Waals surface area contributed by atoms with E-state index in [1.165, 1.54) is 0 Å². The molecule has 0 fully saturated rings. The van der Waals surface area contributed by atoms with Gasteiger partial charge >= 0.3 is 0 Å². The first-order chi connectivity index (χ1) is 8.38. The van der Waals surface area contributed by atoms with Crippen molar-refractivity contribution < 1.29 is 9.52 Å². The first kappa shape index (κ1) is 13.6. The summed E-state index contributed by atoms with van der Waals surface area (Å²) in [5.74, 6) is 0.587. The van der Waals surface area contributed by atoms with Gasteiger partial charge in [-0.1, -0.05) is 29.8 Å². The highest BCUT2D eigenvalue weighted by molar-refractivity contribution is 9.10. The van der Waals surface area contributed by atoms with Crippen molar-refractivity contribution in [1.29, 1.82) is 0 Å². The van der Waals surface area contributed by atoms with E-state index in [1.54, 1.807) is 6.92 Å². The fourth-order valence-corrected chi connectivity index (χ4v) is 2.15. The summed E-state index contributed by atoms with van der Waals surface area (Å²) < 4.78 is 6.71. The lowest BCUT2D eigenvalue weighted by molar-refractivity contribution is 0.0341. The molecule has 1 aromatic heterocycles. The third kappa shape index (κ3) is 2.94. The van der Waals surface area contributed by atoms with Crippen LogP contribution in [0.25, 0.3) is 11.0 Å². The highest BCUT2D eigenvalue weighted by atomic mass is 79.9. The largest absolute Gasteiger partial charge is 0.458 e. The van der Waals surface area contributed by atoms with Gasteiger partial charge in [-0.15, -0.1) is 0 Å². The van der Waals surface area contributed by atoms with E-state index in [1.807, 2.05) is 38.1 Å². The van der Waals surface area contributed by atoms with Crippen LogP contribution in [0.1, 0.15) is 26.5 Å². The zero-order chi connectivity index (χ0) is 13.3. The fraction of sp³-hybridized carbons (Fsp3) is 0.429. The Morgan fingerprint density at radius 2 is 2.11 bits per heavy atom. The molecule has 4 heteroatoms. The lowest BCUT2D eigenvalue weighted by Gasteiger charge is -2.22. The molecule has 1 aromatic carbocycles. The van der Waals surface area contributed by atoms with E-state index in [0.717, 1.165) is 15.4 Å². The van der Waals surface area contributed by atoms with Crippen LogP contribution < -0.4 is 5.32 Å². The lowest BCUT2D eigenvalue weighted by Crippen LogP contribution is -2.38. The van der Waals surface area contributed by atoms with Gasteiger partial charge < -0.3 is 14.8 Å². The number of hydrogen-bond acceptors (Lipinski definition) is 3. The minimum Gasteiger partial charge on any atom is -0.458 e. The van der Waals surface area contributed by atoms with Crippen molar-refractivity contribution in [3.8, 4) is 0 Å². The molecule has 1 heterocycles. The Morgan fingerprint density at radius 3 is 2.78 bits per heavy atom. The zero-order valence-corrected chi connectivity index (χ0v) is 12.4. The molecule has 0 bridgehead atoms. The first-order valence-corrected chi connectivity index (χ1v) is 6.83. The Balaban J connectivity index is 2.29. The van der Waals surface area contributed by atoms with Gasteiger partial charge in [0.2, 0.25) is 0 Å². The number of furan rings is 1. The molecule has 2 rings (SSSR count). The van der Waals surface area contributed by atoms with Crippen molar-refractivity contribution in [2.45, 2.75) is 32.4 Å². The molecule has 2 aromatic rings. The van der Waals surface area contributed by atoms with Crippen molar-refractivity contribution >= 4 is 26.9 Å². The number of rotatable bonds is 4. The third-order valence-corrected chi connectivity index (χ3v) is 3.36. The summed E-state index contributed by atoms with van der Waals surface area (Å²) in [6.07, 6.45) is 0. The van der Waals surface area contributed by atoms with Crippen molar-refractivity contribution in [3.05, 3.63) is 34.5 Å². The minimum atomic E-state index is -1.00. The van der Waals surface area contributed by atoms with E-state index in [2.05, 4.69) is 21.2 Å². The smallest absolute Gasteiger partial charge is 0.137 e. The molecule has 0 aliphatic rings. The summed E-state index contributed by atoms with van der Waals surface area (Å²) in [7, 11) is 0. The molecule has 0 aliphatic carbocycles. The molecular weight excluding hydrogens is 294 g/mol. The number of benzene rings is 1. The van der Waals surface area contributed by atoms with E-state index in [4.69, 9.17) is 4.42 Å². The molecular formula is C14H18BrNO2. The van der Waals surface area contributed by atoms with Crippen LogP contribution in [0.15, 0.2) is 33.2 Å². The second-order valence-corrected chi connectivity index (χ2v) is 6.02. The highest BCUT2D eigenvalue weighted by Crippen LogP contribution is 2.29. The van der Waals surface area contributed by atoms with E-state index in [-0.39, 0.29) is 0 Å². The summed E-state index contributed by atoms with van der Waals surface area (Å²) in [5, 5.41) is 14.6. The Bertz CT molecular complexity index is 546. The van der Waals surface area contributed by atoms with Gasteiger partial charge in [0.25, 0.3) is 0 Å². The molecule has 98 valence electrons. The molecule has 0 saturated carbocycles. The van der Waals surface area contributed by atoms with Crippen LogP contribution in [-0.4, -0.2) is 17.7 Å². The van der Waals surface area contributed by atoms with Gasteiger partial charge in [0.1, 0.15) is 16.9 Å². The second-order valence-electron chi connectivity index (χ2n) is 5.10. The van der Waals surface area contributed by atoms with E-state index >= 15 is 0 Å². The molecule has 0 spiro atoms. The Labute approximate surface area is 115 Å². The van der Waals surface area contributed by atoms with Crippen LogP contribution in [0, 0.1) is 0 Å². The molecule has 18 heavy (non-hydrogen) atoms. The van der Waals surface area contributed by atoms with Gasteiger partial charge in [0.15, 0.2) is 0 Å². The van der Waals surface area contributed by atoms with Crippen LogP contribution in [0.2, 0.25) is 0 Å². The average Bonchev–Trinajstić information content (AvgIpc) is 2.70. The maximum atomic E-state index is 10.4. The number of hydrogen-bond donors (Lipinski definition) is 2. The van der Waals surface area contributed by atoms with Crippen LogP contribution in [0.3, 0.4) is 0 Å². The molecule has 0 radical (unpaired) electrons. The summed E-state index contributed by atoms with van der Waals surface area (Å²) in [6, 6.07) is 8.03. The maximum absolute atomic E-state index is 10.4. The Hall–Kier alpha value is -0.840. The summed E-state index contributed by atoms with van der Waals surface area (Å²) in [6.45, 7) is 6.32.